The van der Waals surface area contributed by atoms with Gasteiger partial charge in [0, 0.05) is 11.6 Å². The molecule has 1 N–H and O–H groups in total. The summed E-state index contributed by atoms with van der Waals surface area (Å²) in [6.45, 7) is 5.54. The van der Waals surface area contributed by atoms with Crippen LogP contribution in [0.4, 0.5) is 0 Å². The Morgan fingerprint density at radius 1 is 1.69 bits per heavy atom. The van der Waals surface area contributed by atoms with E-state index in [2.05, 4.69) is 4.98 Å². The first-order chi connectivity index (χ1) is 5.98. The first-order valence-electron chi connectivity index (χ1n) is 4.08. The monoisotopic (exact) mass is 199 g/mol. The molecular weight excluding hydrogens is 186 g/mol. The Bertz CT molecular complexity index is 304. The minimum absolute atomic E-state index is 0.383. The standard InChI is InChI=1S/C9H13NO2S/c1-6(12)9(2,3)8-10-4-7(5-11)13-8/h4-6,12H,1-3H3. The molecule has 1 aromatic rings. The van der Waals surface area contributed by atoms with Crippen molar-refractivity contribution >= 4 is 17.6 Å². The number of carbonyl (C=O) groups is 1. The van der Waals surface area contributed by atoms with Crippen LogP contribution in [0.1, 0.15) is 35.5 Å². The molecule has 1 atom stereocenters. The van der Waals surface area contributed by atoms with Gasteiger partial charge in [-0.1, -0.05) is 13.8 Å². The molecule has 1 heterocycles. The van der Waals surface area contributed by atoms with E-state index >= 15 is 0 Å². The van der Waals surface area contributed by atoms with E-state index in [1.165, 1.54) is 17.5 Å². The minimum Gasteiger partial charge on any atom is -0.392 e. The van der Waals surface area contributed by atoms with E-state index in [0.29, 0.717) is 4.88 Å². The third-order valence-corrected chi connectivity index (χ3v) is 3.50. The van der Waals surface area contributed by atoms with E-state index in [0.717, 1.165) is 11.3 Å². The molecule has 72 valence electrons. The van der Waals surface area contributed by atoms with Crippen molar-refractivity contribution in [3.05, 3.63) is 16.1 Å². The van der Waals surface area contributed by atoms with Crippen molar-refractivity contribution in [2.24, 2.45) is 0 Å². The van der Waals surface area contributed by atoms with Gasteiger partial charge in [-0.3, -0.25) is 4.79 Å². The van der Waals surface area contributed by atoms with Crippen LogP contribution in [0.5, 0.6) is 0 Å². The number of carbonyl (C=O) groups excluding carboxylic acids is 1. The second kappa shape index (κ2) is 3.55. The predicted octanol–water partition coefficient (Wildman–Crippen LogP) is 1.61. The number of aliphatic hydroxyl groups excluding tert-OH is 1. The second-order valence-corrected chi connectivity index (χ2v) is 4.65. The van der Waals surface area contributed by atoms with Gasteiger partial charge < -0.3 is 5.11 Å². The molecule has 13 heavy (non-hydrogen) atoms. The lowest BCUT2D eigenvalue weighted by atomic mass is 9.88. The smallest absolute Gasteiger partial charge is 0.161 e. The van der Waals surface area contributed by atoms with Crippen molar-refractivity contribution in [2.45, 2.75) is 32.3 Å². The molecule has 0 fully saturated rings. The number of nitrogens with zero attached hydrogens (tertiary/aromatic N) is 1. The lowest BCUT2D eigenvalue weighted by molar-refractivity contribution is 0.112. The molecule has 1 unspecified atom stereocenters. The molecule has 4 heteroatoms. The zero-order chi connectivity index (χ0) is 10.1. The van der Waals surface area contributed by atoms with E-state index in [1.807, 2.05) is 13.8 Å². The molecule has 0 spiro atoms. The normalized spacial score (nSPS) is 14.2. The highest BCUT2D eigenvalue weighted by molar-refractivity contribution is 7.13. The molecule has 0 bridgehead atoms. The van der Waals surface area contributed by atoms with Crippen LogP contribution in [0.15, 0.2) is 6.20 Å². The van der Waals surface area contributed by atoms with Crippen LogP contribution >= 0.6 is 11.3 Å². The van der Waals surface area contributed by atoms with Crippen LogP contribution in [0, 0.1) is 0 Å². The van der Waals surface area contributed by atoms with Crippen LogP contribution in [-0.2, 0) is 5.41 Å². The molecule has 0 aliphatic rings. The average Bonchev–Trinajstić information content (AvgIpc) is 2.51. The molecular formula is C9H13NO2S. The fraction of sp³-hybridized carbons (Fsp3) is 0.556. The summed E-state index contributed by atoms with van der Waals surface area (Å²) < 4.78 is 0. The van der Waals surface area contributed by atoms with Crippen molar-refractivity contribution < 1.29 is 9.90 Å². The van der Waals surface area contributed by atoms with E-state index < -0.39 is 6.10 Å². The van der Waals surface area contributed by atoms with Gasteiger partial charge in [-0.2, -0.15) is 0 Å². The summed E-state index contributed by atoms with van der Waals surface area (Å²) in [6, 6.07) is 0. The summed E-state index contributed by atoms with van der Waals surface area (Å²) in [6.07, 6.45) is 1.84. The van der Waals surface area contributed by atoms with Gasteiger partial charge in [0.15, 0.2) is 6.29 Å². The van der Waals surface area contributed by atoms with Crippen LogP contribution in [-0.4, -0.2) is 22.5 Å². The fourth-order valence-corrected chi connectivity index (χ4v) is 1.73. The Morgan fingerprint density at radius 3 is 2.69 bits per heavy atom. The summed E-state index contributed by atoms with van der Waals surface area (Å²) in [4.78, 5) is 15.1. The number of aromatic nitrogens is 1. The van der Waals surface area contributed by atoms with Crippen LogP contribution in [0.25, 0.3) is 0 Å². The summed E-state index contributed by atoms with van der Waals surface area (Å²) in [5.41, 5.74) is -0.383. The van der Waals surface area contributed by atoms with Crippen molar-refractivity contribution in [3.8, 4) is 0 Å². The van der Waals surface area contributed by atoms with E-state index in [9.17, 15) is 9.90 Å². The highest BCUT2D eigenvalue weighted by Crippen LogP contribution is 2.29. The largest absolute Gasteiger partial charge is 0.392 e. The van der Waals surface area contributed by atoms with Crippen molar-refractivity contribution in [2.75, 3.05) is 0 Å². The summed E-state index contributed by atoms with van der Waals surface area (Å²) >= 11 is 1.33. The molecule has 0 radical (unpaired) electrons. The summed E-state index contributed by atoms with van der Waals surface area (Å²) in [5.74, 6) is 0. The number of hydrogen-bond acceptors (Lipinski definition) is 4. The molecule has 0 aromatic carbocycles. The second-order valence-electron chi connectivity index (χ2n) is 3.58. The highest BCUT2D eigenvalue weighted by atomic mass is 32.1. The molecule has 0 aliphatic heterocycles. The quantitative estimate of drug-likeness (QED) is 0.752. The first-order valence-corrected chi connectivity index (χ1v) is 4.89. The molecule has 0 amide bonds. The van der Waals surface area contributed by atoms with Crippen LogP contribution in [0.3, 0.4) is 0 Å². The number of aldehydes is 1. The Kier molecular flexibility index (Phi) is 2.83. The molecule has 1 aromatic heterocycles. The zero-order valence-corrected chi connectivity index (χ0v) is 8.76. The maximum atomic E-state index is 10.4. The highest BCUT2D eigenvalue weighted by Gasteiger charge is 2.29. The molecule has 3 nitrogen and oxygen atoms in total. The average molecular weight is 199 g/mol. The number of thiazole rings is 1. The van der Waals surface area contributed by atoms with Gasteiger partial charge in [0.2, 0.25) is 0 Å². The van der Waals surface area contributed by atoms with Gasteiger partial charge in [-0.05, 0) is 6.92 Å². The molecule has 1 rings (SSSR count). The Hall–Kier alpha value is -0.740. The topological polar surface area (TPSA) is 50.2 Å². The van der Waals surface area contributed by atoms with Gasteiger partial charge >= 0.3 is 0 Å². The number of aliphatic hydroxyl groups is 1. The maximum Gasteiger partial charge on any atom is 0.161 e. The van der Waals surface area contributed by atoms with E-state index in [4.69, 9.17) is 0 Å². The zero-order valence-electron chi connectivity index (χ0n) is 7.94. The third-order valence-electron chi connectivity index (χ3n) is 2.24. The first kappa shape index (κ1) is 10.3. The summed E-state index contributed by atoms with van der Waals surface area (Å²) in [5, 5.41) is 10.3. The van der Waals surface area contributed by atoms with Gasteiger partial charge in [0.1, 0.15) is 5.01 Å². The minimum atomic E-state index is -0.474. The van der Waals surface area contributed by atoms with Crippen molar-refractivity contribution in [1.29, 1.82) is 0 Å². The van der Waals surface area contributed by atoms with Crippen LogP contribution < -0.4 is 0 Å². The Morgan fingerprint density at radius 2 is 2.31 bits per heavy atom. The van der Waals surface area contributed by atoms with E-state index in [1.54, 1.807) is 6.92 Å². The van der Waals surface area contributed by atoms with Crippen molar-refractivity contribution in [3.63, 3.8) is 0 Å². The molecule has 0 saturated heterocycles. The van der Waals surface area contributed by atoms with Gasteiger partial charge in [0.05, 0.1) is 11.0 Å². The van der Waals surface area contributed by atoms with Gasteiger partial charge in [0.25, 0.3) is 0 Å². The van der Waals surface area contributed by atoms with Crippen molar-refractivity contribution in [1.82, 2.24) is 4.98 Å². The third kappa shape index (κ3) is 1.95. The van der Waals surface area contributed by atoms with E-state index in [-0.39, 0.29) is 5.41 Å². The lowest BCUT2D eigenvalue weighted by Gasteiger charge is -2.24. The lowest BCUT2D eigenvalue weighted by Crippen LogP contribution is -2.30. The fourth-order valence-electron chi connectivity index (χ4n) is 0.818. The van der Waals surface area contributed by atoms with Crippen LogP contribution in [0.2, 0.25) is 0 Å². The van der Waals surface area contributed by atoms with Gasteiger partial charge in [-0.15, -0.1) is 11.3 Å². The predicted molar refractivity (Wildman–Crippen MR) is 52.2 cm³/mol. The maximum absolute atomic E-state index is 10.4. The Labute approximate surface area is 81.4 Å². The van der Waals surface area contributed by atoms with Gasteiger partial charge in [-0.25, -0.2) is 4.98 Å². The molecule has 0 saturated carbocycles. The molecule has 0 aliphatic carbocycles. The SMILES string of the molecule is CC(O)C(C)(C)c1ncc(C=O)s1. The number of rotatable bonds is 3. The number of hydrogen-bond donors (Lipinski definition) is 1. The Balaban J connectivity index is 3.00. The summed E-state index contributed by atoms with van der Waals surface area (Å²) in [7, 11) is 0.